The summed E-state index contributed by atoms with van der Waals surface area (Å²) < 4.78 is 39.7. The van der Waals surface area contributed by atoms with Gasteiger partial charge in [0.25, 0.3) is 0 Å². The minimum absolute atomic E-state index is 0.0274. The van der Waals surface area contributed by atoms with Gasteiger partial charge in [-0.2, -0.15) is 15.1 Å². The molecule has 45 heavy (non-hydrogen) atoms. The second-order valence-electron chi connectivity index (χ2n) is 12.7. The fourth-order valence-corrected chi connectivity index (χ4v) is 7.51. The lowest BCUT2D eigenvalue weighted by molar-refractivity contribution is -0.128. The van der Waals surface area contributed by atoms with Crippen LogP contribution in [0.4, 0.5) is 14.6 Å². The molecular weight excluding hydrogens is 595 g/mol. The number of piperazine rings is 1. The summed E-state index contributed by atoms with van der Waals surface area (Å²) >= 11 is 0. The highest BCUT2D eigenvalue weighted by Gasteiger charge is 2.40. The first kappa shape index (κ1) is 31.3. The lowest BCUT2D eigenvalue weighted by atomic mass is 9.92. The molecule has 4 aromatic rings. The van der Waals surface area contributed by atoms with E-state index in [1.54, 1.807) is 15.8 Å². The summed E-state index contributed by atoms with van der Waals surface area (Å²) in [7, 11) is 6.00. The summed E-state index contributed by atoms with van der Waals surface area (Å²) in [6.45, 7) is 12.9. The second kappa shape index (κ2) is 11.6. The van der Waals surface area contributed by atoms with Gasteiger partial charge in [0, 0.05) is 73.1 Å². The molecule has 2 fully saturated rings. The quantitative estimate of drug-likeness (QED) is 0.214. The number of hydrogen-bond donors (Lipinski definition) is 0. The van der Waals surface area contributed by atoms with Crippen LogP contribution in [0.3, 0.4) is 0 Å². The topological polar surface area (TPSA) is 79.6 Å². The molecule has 0 spiro atoms. The van der Waals surface area contributed by atoms with Gasteiger partial charge in [0.1, 0.15) is 23.4 Å². The van der Waals surface area contributed by atoms with Crippen molar-refractivity contribution >= 4 is 42.8 Å². The fourth-order valence-electron chi connectivity index (χ4n) is 6.95. The summed E-state index contributed by atoms with van der Waals surface area (Å²) in [5.74, 6) is -0.0626. The van der Waals surface area contributed by atoms with Gasteiger partial charge in [-0.15, -0.1) is 0 Å². The molecule has 4 heterocycles. The van der Waals surface area contributed by atoms with Crippen molar-refractivity contribution in [2.75, 3.05) is 38.2 Å². The molecule has 0 aliphatic carbocycles. The molecule has 2 unspecified atom stereocenters. The van der Waals surface area contributed by atoms with Crippen LogP contribution in [0.1, 0.15) is 31.4 Å². The number of halogens is 2. The first-order chi connectivity index (χ1) is 21.3. The van der Waals surface area contributed by atoms with Crippen molar-refractivity contribution in [2.24, 2.45) is 7.05 Å². The van der Waals surface area contributed by atoms with Crippen molar-refractivity contribution in [3.8, 4) is 17.1 Å². The fraction of sp³-hybridized carbons (Fsp3) is 0.455. The van der Waals surface area contributed by atoms with Gasteiger partial charge in [-0.1, -0.05) is 28.0 Å². The summed E-state index contributed by atoms with van der Waals surface area (Å²) in [4.78, 5) is 27.9. The number of nitrogens with zero attached hydrogens (tertiary/aromatic N) is 7. The van der Waals surface area contributed by atoms with Gasteiger partial charge in [-0.05, 0) is 58.0 Å². The number of aromatic nitrogens is 4. The highest BCUT2D eigenvalue weighted by atomic mass is 31.0. The number of ether oxygens (including phenoxy) is 1. The Labute approximate surface area is 264 Å². The smallest absolute Gasteiger partial charge is 0.319 e. The van der Waals surface area contributed by atoms with Gasteiger partial charge in [0.05, 0.1) is 11.7 Å². The molecule has 0 bridgehead atoms. The zero-order chi connectivity index (χ0) is 32.4. The maximum Gasteiger partial charge on any atom is 0.319 e. The molecule has 2 aliphatic rings. The Bertz CT molecular complexity index is 1830. The standard InChI is InChI=1S/C33H40F2N7O2P/c1-8-25(43)41-14-21(5)42(15-20(41)4)31-24-11-19(3)26(27-18(2)9-10-22-13-36-40(7)30(22)27)28(34)29(24)37-32(38-31)44-16-23-12-33(35,45)17-39(23)6/h8-11,13,20-21,23H,1,12,14-17,45H2,2-7H3/t20-,21+,23+,33?/m1/s1. The molecule has 12 heteroatoms. The van der Waals surface area contributed by atoms with Crippen molar-refractivity contribution in [2.45, 2.75) is 57.7 Å². The molecule has 238 valence electrons. The van der Waals surface area contributed by atoms with Crippen LogP contribution in [0.25, 0.3) is 32.9 Å². The summed E-state index contributed by atoms with van der Waals surface area (Å²) in [6, 6.07) is 5.48. The van der Waals surface area contributed by atoms with E-state index in [1.807, 2.05) is 64.9 Å². The average molecular weight is 636 g/mol. The molecular formula is C33H40F2N7O2P. The maximum atomic E-state index is 17.1. The van der Waals surface area contributed by atoms with E-state index in [0.717, 1.165) is 27.6 Å². The van der Waals surface area contributed by atoms with E-state index in [0.29, 0.717) is 29.9 Å². The summed E-state index contributed by atoms with van der Waals surface area (Å²) in [5.41, 5.74) is 3.85. The average Bonchev–Trinajstić information content (AvgIpc) is 3.49. The first-order valence-electron chi connectivity index (χ1n) is 15.2. The van der Waals surface area contributed by atoms with Crippen LogP contribution >= 0.6 is 9.24 Å². The number of carbonyl (C=O) groups excluding carboxylic acids is 1. The first-order valence-corrected chi connectivity index (χ1v) is 15.8. The third-order valence-electron chi connectivity index (χ3n) is 9.28. The Morgan fingerprint density at radius 3 is 2.60 bits per heavy atom. The minimum atomic E-state index is -1.39. The van der Waals surface area contributed by atoms with Crippen LogP contribution in [0.2, 0.25) is 0 Å². The third kappa shape index (κ3) is 5.54. The van der Waals surface area contributed by atoms with Crippen LogP contribution in [-0.2, 0) is 11.8 Å². The molecule has 5 atom stereocenters. The predicted octanol–water partition coefficient (Wildman–Crippen LogP) is 5.17. The van der Waals surface area contributed by atoms with E-state index in [2.05, 4.69) is 30.8 Å². The number of alkyl halides is 1. The lowest BCUT2D eigenvalue weighted by Gasteiger charge is -2.44. The van der Waals surface area contributed by atoms with E-state index in [4.69, 9.17) is 9.72 Å². The number of likely N-dealkylation sites (tertiary alicyclic amines) is 1. The molecule has 6 rings (SSSR count). The molecule has 2 aromatic heterocycles. The summed E-state index contributed by atoms with van der Waals surface area (Å²) in [6.07, 6.45) is 3.39. The molecule has 2 aliphatic heterocycles. The van der Waals surface area contributed by atoms with Gasteiger partial charge < -0.3 is 14.5 Å². The molecule has 0 radical (unpaired) electrons. The Morgan fingerprint density at radius 1 is 1.16 bits per heavy atom. The number of carbonyl (C=O) groups is 1. The Morgan fingerprint density at radius 2 is 1.91 bits per heavy atom. The van der Waals surface area contributed by atoms with Gasteiger partial charge in [-0.3, -0.25) is 14.4 Å². The normalized spacial score (nSPS) is 24.2. The number of amides is 1. The largest absolute Gasteiger partial charge is 0.462 e. The Kier molecular flexibility index (Phi) is 8.06. The monoisotopic (exact) mass is 635 g/mol. The van der Waals surface area contributed by atoms with Gasteiger partial charge in [-0.25, -0.2) is 8.78 Å². The van der Waals surface area contributed by atoms with Crippen molar-refractivity contribution in [3.05, 3.63) is 54.0 Å². The molecule has 0 saturated carbocycles. The Hall–Kier alpha value is -3.69. The third-order valence-corrected chi connectivity index (χ3v) is 9.70. The van der Waals surface area contributed by atoms with Crippen molar-refractivity contribution in [3.63, 3.8) is 0 Å². The zero-order valence-electron chi connectivity index (χ0n) is 26.6. The molecule has 0 N–H and O–H groups in total. The maximum absolute atomic E-state index is 17.1. The van der Waals surface area contributed by atoms with E-state index in [1.165, 1.54) is 6.08 Å². The van der Waals surface area contributed by atoms with Gasteiger partial charge in [0.15, 0.2) is 5.82 Å². The zero-order valence-corrected chi connectivity index (χ0v) is 27.8. The number of hydrogen-bond acceptors (Lipinski definition) is 7. The molecule has 9 nitrogen and oxygen atoms in total. The number of fused-ring (bicyclic) bond motifs is 2. The minimum Gasteiger partial charge on any atom is -0.462 e. The van der Waals surface area contributed by atoms with E-state index in [-0.39, 0.29) is 55.1 Å². The number of aryl methyl sites for hydroxylation is 3. The molecule has 2 saturated heterocycles. The summed E-state index contributed by atoms with van der Waals surface area (Å²) in [5, 5.41) is 4.51. The van der Waals surface area contributed by atoms with Crippen LogP contribution < -0.4 is 9.64 Å². The highest BCUT2D eigenvalue weighted by Crippen LogP contribution is 2.41. The van der Waals surface area contributed by atoms with Crippen LogP contribution in [0.5, 0.6) is 6.01 Å². The number of likely N-dealkylation sites (N-methyl/N-ethyl adjacent to an activating group) is 1. The van der Waals surface area contributed by atoms with Crippen molar-refractivity contribution < 1.29 is 18.3 Å². The van der Waals surface area contributed by atoms with E-state index < -0.39 is 11.2 Å². The van der Waals surface area contributed by atoms with Crippen molar-refractivity contribution in [1.82, 2.24) is 29.5 Å². The Balaban J connectivity index is 1.51. The van der Waals surface area contributed by atoms with E-state index in [9.17, 15) is 9.18 Å². The van der Waals surface area contributed by atoms with Crippen LogP contribution in [0.15, 0.2) is 37.1 Å². The van der Waals surface area contributed by atoms with Gasteiger partial charge in [0.2, 0.25) is 5.91 Å². The van der Waals surface area contributed by atoms with Crippen molar-refractivity contribution in [1.29, 1.82) is 0 Å². The lowest BCUT2D eigenvalue weighted by Crippen LogP contribution is -2.58. The van der Waals surface area contributed by atoms with Crippen LogP contribution in [0, 0.1) is 19.7 Å². The number of anilines is 1. The molecule has 1 amide bonds. The van der Waals surface area contributed by atoms with Crippen LogP contribution in [-0.4, -0.2) is 92.3 Å². The second-order valence-corrected chi connectivity index (χ2v) is 13.8. The van der Waals surface area contributed by atoms with E-state index >= 15 is 4.39 Å². The van der Waals surface area contributed by atoms with Gasteiger partial charge >= 0.3 is 6.01 Å². The number of benzene rings is 2. The number of rotatable bonds is 6. The molecule has 2 aromatic carbocycles. The predicted molar refractivity (Wildman–Crippen MR) is 177 cm³/mol. The SMILES string of the molecule is C=CC(=O)N1C[C@H](C)N(c2nc(OC[C@@H]3CC(F)(P)CN3C)nc3c(F)c(-c4c(C)ccc5cnn(C)c45)c(C)cc23)C[C@H]1C. The highest BCUT2D eigenvalue weighted by molar-refractivity contribution is 7.18.